The van der Waals surface area contributed by atoms with Crippen LogP contribution in [-0.4, -0.2) is 21.9 Å². The van der Waals surface area contributed by atoms with Gasteiger partial charge in [-0.25, -0.2) is 5.84 Å². The second-order valence-corrected chi connectivity index (χ2v) is 2.85. The molecule has 0 atom stereocenters. The number of hydrazine groups is 1. The third kappa shape index (κ3) is 2.04. The zero-order valence-electron chi connectivity index (χ0n) is 7.24. The first-order chi connectivity index (χ1) is 6.56. The Bertz CT molecular complexity index is 393. The molecule has 1 aromatic rings. The highest BCUT2D eigenvalue weighted by Gasteiger charge is 2.16. The van der Waals surface area contributed by atoms with Crippen LogP contribution in [0.15, 0.2) is 6.07 Å². The summed E-state index contributed by atoms with van der Waals surface area (Å²) in [5.41, 5.74) is 1.82. The molecule has 3 N–H and O–H groups in total. The lowest BCUT2D eigenvalue weighted by atomic mass is 10.1. The zero-order chi connectivity index (χ0) is 10.7. The van der Waals surface area contributed by atoms with Crippen LogP contribution < -0.4 is 11.3 Å². The number of nitrogens with one attached hydrogen (secondary N) is 1. The lowest BCUT2D eigenvalue weighted by molar-refractivity contribution is 0.0932. The number of aromatic nitrogens is 2. The molecule has 6 nitrogen and oxygen atoms in total. The molecule has 1 aromatic heterocycles. The predicted molar refractivity (Wildman–Crippen MR) is 48.7 cm³/mol. The summed E-state index contributed by atoms with van der Waals surface area (Å²) >= 11 is 5.52. The molecule has 0 aliphatic carbocycles. The predicted octanol–water partition coefficient (Wildman–Crippen LogP) is -0.0639. The normalized spacial score (nSPS) is 9.64. The maximum Gasteiger partial charge on any atom is 0.286 e. The molecule has 7 heteroatoms. The van der Waals surface area contributed by atoms with Crippen LogP contribution in [0.25, 0.3) is 0 Å². The summed E-state index contributed by atoms with van der Waals surface area (Å²) in [4.78, 5) is 22.2. The van der Waals surface area contributed by atoms with E-state index in [2.05, 4.69) is 10.2 Å². The number of ketones is 1. The van der Waals surface area contributed by atoms with Crippen LogP contribution in [0.4, 0.5) is 0 Å². The number of carbonyl (C=O) groups is 2. The van der Waals surface area contributed by atoms with Crippen molar-refractivity contribution in [2.45, 2.75) is 6.92 Å². The van der Waals surface area contributed by atoms with E-state index in [0.717, 1.165) is 0 Å². The second kappa shape index (κ2) is 4.12. The van der Waals surface area contributed by atoms with E-state index >= 15 is 0 Å². The molecule has 0 fully saturated rings. The molecule has 0 aromatic carbocycles. The molecule has 1 heterocycles. The number of halogens is 1. The third-order valence-electron chi connectivity index (χ3n) is 1.49. The summed E-state index contributed by atoms with van der Waals surface area (Å²) in [6.45, 7) is 1.29. The van der Waals surface area contributed by atoms with Crippen molar-refractivity contribution in [3.63, 3.8) is 0 Å². The molecule has 1 amide bonds. The van der Waals surface area contributed by atoms with Gasteiger partial charge in [0.1, 0.15) is 0 Å². The molecule has 0 aliphatic rings. The van der Waals surface area contributed by atoms with E-state index in [-0.39, 0.29) is 22.2 Å². The number of Topliss-reactive ketones (excluding diaryl/α,β-unsaturated/α-hetero) is 1. The van der Waals surface area contributed by atoms with Gasteiger partial charge in [0.05, 0.1) is 5.56 Å². The molecular formula is C7H7ClN4O2. The fraction of sp³-hybridized carbons (Fsp3) is 0.143. The van der Waals surface area contributed by atoms with Gasteiger partial charge in [-0.2, -0.15) is 0 Å². The Kier molecular flexibility index (Phi) is 3.10. The summed E-state index contributed by atoms with van der Waals surface area (Å²) in [6.07, 6.45) is 0. The molecule has 74 valence electrons. The van der Waals surface area contributed by atoms with Gasteiger partial charge in [0, 0.05) is 0 Å². The highest BCUT2D eigenvalue weighted by molar-refractivity contribution is 6.29. The maximum atomic E-state index is 11.1. The Balaban J connectivity index is 3.28. The summed E-state index contributed by atoms with van der Waals surface area (Å²) in [7, 11) is 0. The first-order valence-corrected chi connectivity index (χ1v) is 3.99. The van der Waals surface area contributed by atoms with E-state index in [9.17, 15) is 9.59 Å². The Hall–Kier alpha value is -1.53. The Morgan fingerprint density at radius 2 is 2.14 bits per heavy atom. The Morgan fingerprint density at radius 3 is 2.64 bits per heavy atom. The first kappa shape index (κ1) is 10.6. The summed E-state index contributed by atoms with van der Waals surface area (Å²) < 4.78 is 0. The van der Waals surface area contributed by atoms with Crippen LogP contribution in [0.1, 0.15) is 27.8 Å². The van der Waals surface area contributed by atoms with Crippen LogP contribution in [0.5, 0.6) is 0 Å². The molecule has 0 radical (unpaired) electrons. The largest absolute Gasteiger partial charge is 0.294 e. The van der Waals surface area contributed by atoms with E-state index in [1.54, 1.807) is 0 Å². The lowest BCUT2D eigenvalue weighted by Crippen LogP contribution is -2.32. The van der Waals surface area contributed by atoms with Crippen molar-refractivity contribution in [3.8, 4) is 0 Å². The van der Waals surface area contributed by atoms with Crippen molar-refractivity contribution >= 4 is 23.3 Å². The minimum absolute atomic E-state index is 0.0452. The van der Waals surface area contributed by atoms with Crippen molar-refractivity contribution in [2.75, 3.05) is 0 Å². The minimum Gasteiger partial charge on any atom is -0.294 e. The molecular weight excluding hydrogens is 208 g/mol. The van der Waals surface area contributed by atoms with Crippen molar-refractivity contribution in [1.29, 1.82) is 0 Å². The van der Waals surface area contributed by atoms with Gasteiger partial charge in [-0.15, -0.1) is 10.2 Å². The van der Waals surface area contributed by atoms with Gasteiger partial charge in [0.2, 0.25) is 0 Å². The Morgan fingerprint density at radius 1 is 1.50 bits per heavy atom. The lowest BCUT2D eigenvalue weighted by Gasteiger charge is -2.02. The van der Waals surface area contributed by atoms with Crippen LogP contribution >= 0.6 is 11.6 Å². The van der Waals surface area contributed by atoms with E-state index in [4.69, 9.17) is 17.4 Å². The minimum atomic E-state index is -0.681. The number of nitrogens with zero attached hydrogens (tertiary/aromatic N) is 2. The monoisotopic (exact) mass is 214 g/mol. The number of amides is 1. The number of nitrogen functional groups attached to an aromatic ring is 1. The topological polar surface area (TPSA) is 98.0 Å². The van der Waals surface area contributed by atoms with E-state index < -0.39 is 5.91 Å². The standard InChI is InChI=1S/C7H7ClN4O2/c1-3(13)4-2-5(8)11-12-6(4)7(14)10-9/h2H,9H2,1H3,(H,10,14). The Labute approximate surface area is 84.4 Å². The molecule has 0 spiro atoms. The zero-order valence-corrected chi connectivity index (χ0v) is 8.00. The van der Waals surface area contributed by atoms with E-state index in [1.165, 1.54) is 13.0 Å². The van der Waals surface area contributed by atoms with Gasteiger partial charge in [-0.1, -0.05) is 11.6 Å². The van der Waals surface area contributed by atoms with Crippen molar-refractivity contribution in [3.05, 3.63) is 22.5 Å². The van der Waals surface area contributed by atoms with Crippen molar-refractivity contribution < 1.29 is 9.59 Å². The van der Waals surface area contributed by atoms with E-state index in [1.807, 2.05) is 5.43 Å². The van der Waals surface area contributed by atoms with Crippen LogP contribution in [0.2, 0.25) is 5.15 Å². The van der Waals surface area contributed by atoms with Gasteiger partial charge in [-0.3, -0.25) is 15.0 Å². The van der Waals surface area contributed by atoms with Crippen LogP contribution in [0, 0.1) is 0 Å². The molecule has 14 heavy (non-hydrogen) atoms. The molecule has 0 saturated carbocycles. The average molecular weight is 215 g/mol. The molecule has 0 unspecified atom stereocenters. The SMILES string of the molecule is CC(=O)c1cc(Cl)nnc1C(=O)NN. The third-order valence-corrected chi connectivity index (χ3v) is 1.67. The quantitative estimate of drug-likeness (QED) is 0.311. The van der Waals surface area contributed by atoms with Gasteiger partial charge in [0.25, 0.3) is 5.91 Å². The average Bonchev–Trinajstić information content (AvgIpc) is 2.16. The molecule has 0 saturated heterocycles. The second-order valence-electron chi connectivity index (χ2n) is 2.46. The summed E-state index contributed by atoms with van der Waals surface area (Å²) in [6, 6.07) is 1.27. The first-order valence-electron chi connectivity index (χ1n) is 3.61. The maximum absolute atomic E-state index is 11.1. The van der Waals surface area contributed by atoms with Gasteiger partial charge >= 0.3 is 0 Å². The molecule has 0 aliphatic heterocycles. The number of nitrogens with two attached hydrogens (primary N) is 1. The highest BCUT2D eigenvalue weighted by Crippen LogP contribution is 2.11. The smallest absolute Gasteiger partial charge is 0.286 e. The number of hydrogen-bond acceptors (Lipinski definition) is 5. The van der Waals surface area contributed by atoms with Crippen molar-refractivity contribution in [2.24, 2.45) is 5.84 Å². The molecule has 1 rings (SSSR count). The number of carbonyl (C=O) groups excluding carboxylic acids is 2. The number of hydrogen-bond donors (Lipinski definition) is 2. The van der Waals surface area contributed by atoms with Gasteiger partial charge in [0.15, 0.2) is 16.6 Å². The fourth-order valence-corrected chi connectivity index (χ4v) is 1.02. The van der Waals surface area contributed by atoms with Gasteiger partial charge < -0.3 is 0 Å². The van der Waals surface area contributed by atoms with E-state index in [0.29, 0.717) is 0 Å². The van der Waals surface area contributed by atoms with Crippen molar-refractivity contribution in [1.82, 2.24) is 15.6 Å². The fourth-order valence-electron chi connectivity index (χ4n) is 0.872. The summed E-state index contributed by atoms with van der Waals surface area (Å²) in [5, 5.41) is 6.96. The van der Waals surface area contributed by atoms with Gasteiger partial charge in [-0.05, 0) is 13.0 Å². The molecule has 0 bridgehead atoms. The van der Waals surface area contributed by atoms with Crippen LogP contribution in [0.3, 0.4) is 0 Å². The summed E-state index contributed by atoms with van der Waals surface area (Å²) in [5.74, 6) is 3.89. The number of rotatable bonds is 2. The highest BCUT2D eigenvalue weighted by atomic mass is 35.5. The van der Waals surface area contributed by atoms with Crippen LogP contribution in [-0.2, 0) is 0 Å².